The molecule has 0 saturated carbocycles. The molecule has 1 aliphatic heterocycles. The van der Waals surface area contributed by atoms with E-state index in [-0.39, 0.29) is 24.6 Å². The molecule has 1 aliphatic rings. The van der Waals surface area contributed by atoms with E-state index in [1.165, 1.54) is 24.3 Å². The highest BCUT2D eigenvalue weighted by molar-refractivity contribution is 5.85. The van der Waals surface area contributed by atoms with Gasteiger partial charge in [0, 0.05) is 18.7 Å². The summed E-state index contributed by atoms with van der Waals surface area (Å²) >= 11 is 0. The van der Waals surface area contributed by atoms with E-state index < -0.39 is 17.2 Å². The van der Waals surface area contributed by atoms with E-state index in [0.29, 0.717) is 12.2 Å². The second-order valence-electron chi connectivity index (χ2n) is 3.92. The van der Waals surface area contributed by atoms with Gasteiger partial charge in [0.15, 0.2) is 0 Å². The molecule has 2 atom stereocenters. The number of piperidine rings is 1. The molecule has 0 aliphatic carbocycles. The molecule has 1 fully saturated rings. The Morgan fingerprint density at radius 1 is 1.39 bits per heavy atom. The molecule has 2 unspecified atom stereocenters. The number of halogens is 2. The molecule has 0 amide bonds. The molecule has 7 heteroatoms. The Kier molecular flexibility index (Phi) is 5.30. The van der Waals surface area contributed by atoms with E-state index >= 15 is 0 Å². The van der Waals surface area contributed by atoms with E-state index in [1.54, 1.807) is 0 Å². The number of alkyl halides is 1. The van der Waals surface area contributed by atoms with Crippen LogP contribution in [-0.2, 0) is 0 Å². The Morgan fingerprint density at radius 2 is 2.06 bits per heavy atom. The molecule has 1 aromatic rings. The predicted molar refractivity (Wildman–Crippen MR) is 67.1 cm³/mol. The van der Waals surface area contributed by atoms with Crippen molar-refractivity contribution in [2.45, 2.75) is 18.7 Å². The lowest BCUT2D eigenvalue weighted by Crippen LogP contribution is -2.44. The lowest BCUT2D eigenvalue weighted by molar-refractivity contribution is -0.384. The Bertz CT molecular complexity index is 402. The number of benzene rings is 1. The maximum Gasteiger partial charge on any atom is 0.269 e. The minimum Gasteiger partial charge on any atom is -0.487 e. The predicted octanol–water partition coefficient (Wildman–Crippen LogP) is 2.10. The van der Waals surface area contributed by atoms with Crippen molar-refractivity contribution in [2.75, 3.05) is 13.1 Å². The Labute approximate surface area is 110 Å². The van der Waals surface area contributed by atoms with Crippen LogP contribution in [0, 0.1) is 10.1 Å². The SMILES string of the molecule is Cl.O=[N+]([O-])c1ccc(OC2CCNCC2F)cc1. The van der Waals surface area contributed by atoms with Gasteiger partial charge < -0.3 is 10.1 Å². The quantitative estimate of drug-likeness (QED) is 0.678. The summed E-state index contributed by atoms with van der Waals surface area (Å²) in [6.07, 6.45) is -0.922. The normalized spacial score (nSPS) is 22.9. The third-order valence-corrected chi connectivity index (χ3v) is 2.68. The van der Waals surface area contributed by atoms with Gasteiger partial charge >= 0.3 is 0 Å². The largest absolute Gasteiger partial charge is 0.487 e. The summed E-state index contributed by atoms with van der Waals surface area (Å²) < 4.78 is 18.9. The van der Waals surface area contributed by atoms with Gasteiger partial charge in [0.25, 0.3) is 5.69 Å². The maximum absolute atomic E-state index is 13.4. The van der Waals surface area contributed by atoms with Gasteiger partial charge in [0.2, 0.25) is 0 Å². The first-order valence-corrected chi connectivity index (χ1v) is 5.43. The van der Waals surface area contributed by atoms with Crippen LogP contribution in [0.5, 0.6) is 5.75 Å². The molecule has 1 N–H and O–H groups in total. The number of non-ortho nitro benzene ring substituents is 1. The number of rotatable bonds is 3. The summed E-state index contributed by atoms with van der Waals surface area (Å²) in [5.41, 5.74) is -0.000501. The lowest BCUT2D eigenvalue weighted by atomic mass is 10.1. The Balaban J connectivity index is 0.00000162. The van der Waals surface area contributed by atoms with Gasteiger partial charge in [-0.3, -0.25) is 10.1 Å². The van der Waals surface area contributed by atoms with Crippen LogP contribution in [0.3, 0.4) is 0 Å². The third kappa shape index (κ3) is 3.54. The second-order valence-corrected chi connectivity index (χ2v) is 3.92. The first kappa shape index (κ1) is 14.7. The number of nitro groups is 1. The van der Waals surface area contributed by atoms with Gasteiger partial charge in [0.05, 0.1) is 4.92 Å². The zero-order valence-corrected chi connectivity index (χ0v) is 10.4. The van der Waals surface area contributed by atoms with E-state index in [0.717, 1.165) is 6.54 Å². The fourth-order valence-electron chi connectivity index (χ4n) is 1.75. The van der Waals surface area contributed by atoms with Crippen LogP contribution >= 0.6 is 12.4 Å². The van der Waals surface area contributed by atoms with E-state index in [1.807, 2.05) is 0 Å². The van der Waals surface area contributed by atoms with Crippen molar-refractivity contribution in [3.8, 4) is 5.75 Å². The molecule has 0 aromatic heterocycles. The monoisotopic (exact) mass is 276 g/mol. The fourth-order valence-corrected chi connectivity index (χ4v) is 1.75. The number of nitro benzene ring substituents is 1. The zero-order valence-electron chi connectivity index (χ0n) is 9.54. The molecular formula is C11H14ClFN2O3. The number of ether oxygens (including phenoxy) is 1. The standard InChI is InChI=1S/C11H13FN2O3.ClH/c12-10-7-13-6-5-11(10)17-9-3-1-8(2-4-9)14(15)16;/h1-4,10-11,13H,5-7H2;1H. The molecule has 18 heavy (non-hydrogen) atoms. The van der Waals surface area contributed by atoms with Crippen LogP contribution in [0.25, 0.3) is 0 Å². The molecule has 5 nitrogen and oxygen atoms in total. The van der Waals surface area contributed by atoms with Crippen molar-refractivity contribution >= 4 is 18.1 Å². The molecule has 1 saturated heterocycles. The smallest absolute Gasteiger partial charge is 0.269 e. The number of hydrogen-bond donors (Lipinski definition) is 1. The van der Waals surface area contributed by atoms with Crippen LogP contribution in [0.15, 0.2) is 24.3 Å². The van der Waals surface area contributed by atoms with Crippen LogP contribution in [0.2, 0.25) is 0 Å². The fraction of sp³-hybridized carbons (Fsp3) is 0.455. The first-order valence-electron chi connectivity index (χ1n) is 5.43. The molecule has 1 aromatic carbocycles. The maximum atomic E-state index is 13.4. The highest BCUT2D eigenvalue weighted by Gasteiger charge is 2.26. The van der Waals surface area contributed by atoms with Gasteiger partial charge in [-0.05, 0) is 25.1 Å². The molecule has 100 valence electrons. The molecular weight excluding hydrogens is 263 g/mol. The second kappa shape index (κ2) is 6.51. The van der Waals surface area contributed by atoms with E-state index in [2.05, 4.69) is 5.32 Å². The summed E-state index contributed by atoms with van der Waals surface area (Å²) in [4.78, 5) is 9.97. The minimum absolute atomic E-state index is 0. The average Bonchev–Trinajstić information content (AvgIpc) is 2.33. The molecule has 0 bridgehead atoms. The molecule has 0 radical (unpaired) electrons. The van der Waals surface area contributed by atoms with Crippen molar-refractivity contribution in [1.82, 2.24) is 5.32 Å². The van der Waals surface area contributed by atoms with E-state index in [4.69, 9.17) is 4.74 Å². The van der Waals surface area contributed by atoms with Crippen molar-refractivity contribution < 1.29 is 14.1 Å². The summed E-state index contributed by atoms with van der Waals surface area (Å²) in [6, 6.07) is 5.69. The topological polar surface area (TPSA) is 64.4 Å². The average molecular weight is 277 g/mol. The third-order valence-electron chi connectivity index (χ3n) is 2.68. The van der Waals surface area contributed by atoms with Gasteiger partial charge in [0.1, 0.15) is 18.0 Å². The zero-order chi connectivity index (χ0) is 12.3. The minimum atomic E-state index is -1.04. The van der Waals surface area contributed by atoms with Crippen molar-refractivity contribution in [3.63, 3.8) is 0 Å². The van der Waals surface area contributed by atoms with Crippen LogP contribution in [-0.4, -0.2) is 30.3 Å². The van der Waals surface area contributed by atoms with Crippen molar-refractivity contribution in [2.24, 2.45) is 0 Å². The highest BCUT2D eigenvalue weighted by Crippen LogP contribution is 2.21. The molecule has 1 heterocycles. The summed E-state index contributed by atoms with van der Waals surface area (Å²) in [5.74, 6) is 0.463. The van der Waals surface area contributed by atoms with Gasteiger partial charge in [-0.15, -0.1) is 12.4 Å². The summed E-state index contributed by atoms with van der Waals surface area (Å²) in [7, 11) is 0. The first-order chi connectivity index (χ1) is 8.16. The number of nitrogens with zero attached hydrogens (tertiary/aromatic N) is 1. The highest BCUT2D eigenvalue weighted by atomic mass is 35.5. The van der Waals surface area contributed by atoms with Crippen LogP contribution in [0.1, 0.15) is 6.42 Å². The Morgan fingerprint density at radius 3 is 2.61 bits per heavy atom. The molecule has 0 spiro atoms. The van der Waals surface area contributed by atoms with Crippen molar-refractivity contribution in [3.05, 3.63) is 34.4 Å². The number of hydrogen-bond acceptors (Lipinski definition) is 4. The summed E-state index contributed by atoms with van der Waals surface area (Å²) in [5, 5.41) is 13.4. The number of nitrogens with one attached hydrogen (secondary N) is 1. The molecule has 2 rings (SSSR count). The van der Waals surface area contributed by atoms with Crippen LogP contribution in [0.4, 0.5) is 10.1 Å². The van der Waals surface area contributed by atoms with E-state index in [9.17, 15) is 14.5 Å². The van der Waals surface area contributed by atoms with Crippen molar-refractivity contribution in [1.29, 1.82) is 0 Å². The van der Waals surface area contributed by atoms with Gasteiger partial charge in [-0.25, -0.2) is 4.39 Å². The van der Waals surface area contributed by atoms with Crippen LogP contribution < -0.4 is 10.1 Å². The Hall–Kier alpha value is -1.40. The van der Waals surface area contributed by atoms with Gasteiger partial charge in [-0.2, -0.15) is 0 Å². The summed E-state index contributed by atoms with van der Waals surface area (Å²) in [6.45, 7) is 1.01. The van der Waals surface area contributed by atoms with Gasteiger partial charge in [-0.1, -0.05) is 0 Å². The lowest BCUT2D eigenvalue weighted by Gasteiger charge is -2.27.